The van der Waals surface area contributed by atoms with Gasteiger partial charge in [-0.15, -0.1) is 0 Å². The second-order valence-corrected chi connectivity index (χ2v) is 9.65. The largest absolute Gasteiger partial charge is 0.497 e. The molecule has 0 saturated carbocycles. The van der Waals surface area contributed by atoms with Crippen molar-refractivity contribution < 1.29 is 9.53 Å². The van der Waals surface area contributed by atoms with Crippen LogP contribution in [-0.4, -0.2) is 80.6 Å². The summed E-state index contributed by atoms with van der Waals surface area (Å²) in [4.78, 5) is 20.7. The number of likely N-dealkylation sites (tertiary alicyclic amines) is 1. The van der Waals surface area contributed by atoms with E-state index in [9.17, 15) is 4.79 Å². The van der Waals surface area contributed by atoms with Gasteiger partial charge in [-0.25, -0.2) is 0 Å². The maximum absolute atomic E-state index is 13.2. The Morgan fingerprint density at radius 3 is 2.36 bits per heavy atom. The molecular formula is C27H38N4O2. The van der Waals surface area contributed by atoms with Crippen LogP contribution in [0.15, 0.2) is 54.6 Å². The van der Waals surface area contributed by atoms with Crippen LogP contribution >= 0.6 is 0 Å². The molecule has 178 valence electrons. The summed E-state index contributed by atoms with van der Waals surface area (Å²) in [6, 6.07) is 18.5. The molecule has 1 amide bonds. The fraction of sp³-hybridized carbons (Fsp3) is 0.519. The number of carbonyl (C=O) groups excluding carboxylic acids is 1. The van der Waals surface area contributed by atoms with Gasteiger partial charge >= 0.3 is 0 Å². The first kappa shape index (κ1) is 23.7. The van der Waals surface area contributed by atoms with E-state index < -0.39 is 0 Å². The summed E-state index contributed by atoms with van der Waals surface area (Å²) in [5.41, 5.74) is 2.41. The van der Waals surface area contributed by atoms with Crippen LogP contribution in [0.3, 0.4) is 0 Å². The molecule has 0 radical (unpaired) electrons. The third kappa shape index (κ3) is 7.03. The lowest BCUT2D eigenvalue weighted by atomic mass is 9.87. The quantitative estimate of drug-likeness (QED) is 0.670. The Labute approximate surface area is 198 Å². The highest BCUT2D eigenvalue weighted by molar-refractivity contribution is 5.79. The van der Waals surface area contributed by atoms with Crippen LogP contribution in [-0.2, 0) is 17.9 Å². The minimum atomic E-state index is 0.0261. The van der Waals surface area contributed by atoms with E-state index in [1.54, 1.807) is 7.11 Å². The summed E-state index contributed by atoms with van der Waals surface area (Å²) >= 11 is 0. The maximum Gasteiger partial charge on any atom is 0.224 e. The third-order valence-corrected chi connectivity index (χ3v) is 6.97. The van der Waals surface area contributed by atoms with Gasteiger partial charge in [-0.1, -0.05) is 42.5 Å². The molecule has 2 saturated heterocycles. The van der Waals surface area contributed by atoms with Gasteiger partial charge in [-0.3, -0.25) is 9.69 Å². The van der Waals surface area contributed by atoms with Crippen molar-refractivity contribution in [1.82, 2.24) is 20.0 Å². The zero-order valence-electron chi connectivity index (χ0n) is 20.1. The second-order valence-electron chi connectivity index (χ2n) is 9.65. The van der Waals surface area contributed by atoms with E-state index in [1.807, 2.05) is 24.3 Å². The molecule has 0 aliphatic carbocycles. The van der Waals surface area contributed by atoms with Gasteiger partial charge in [-0.05, 0) is 42.6 Å². The van der Waals surface area contributed by atoms with E-state index >= 15 is 0 Å². The van der Waals surface area contributed by atoms with Crippen molar-refractivity contribution in [3.63, 3.8) is 0 Å². The van der Waals surface area contributed by atoms with Gasteiger partial charge < -0.3 is 19.9 Å². The number of piperazine rings is 1. The highest BCUT2D eigenvalue weighted by atomic mass is 16.5. The molecule has 6 heteroatoms. The highest BCUT2D eigenvalue weighted by Crippen LogP contribution is 2.25. The van der Waals surface area contributed by atoms with E-state index in [-0.39, 0.29) is 11.8 Å². The monoisotopic (exact) mass is 450 g/mol. The van der Waals surface area contributed by atoms with Crippen molar-refractivity contribution in [2.45, 2.75) is 19.5 Å². The van der Waals surface area contributed by atoms with Crippen LogP contribution in [0.25, 0.3) is 0 Å². The molecule has 2 aliphatic heterocycles. The molecule has 4 rings (SSSR count). The van der Waals surface area contributed by atoms with E-state index in [1.165, 1.54) is 5.56 Å². The molecule has 0 unspecified atom stereocenters. The van der Waals surface area contributed by atoms with Gasteiger partial charge in [0.05, 0.1) is 13.0 Å². The lowest BCUT2D eigenvalue weighted by Crippen LogP contribution is -2.51. The van der Waals surface area contributed by atoms with Crippen molar-refractivity contribution in [1.29, 1.82) is 0 Å². The fourth-order valence-electron chi connectivity index (χ4n) is 5.07. The smallest absolute Gasteiger partial charge is 0.224 e. The molecular weight excluding hydrogens is 412 g/mol. The van der Waals surface area contributed by atoms with E-state index in [0.29, 0.717) is 12.5 Å². The van der Waals surface area contributed by atoms with Crippen molar-refractivity contribution in [3.05, 3.63) is 65.7 Å². The molecule has 2 aliphatic rings. The first-order valence-electron chi connectivity index (χ1n) is 12.2. The SMILES string of the molecule is COc1ccc(CNC(=O)[C@@H]2C[C@H](CN3CCN(C)CC3)CN(Cc3ccccc3)C2)cc1. The average Bonchev–Trinajstić information content (AvgIpc) is 2.85. The molecule has 2 aromatic rings. The molecule has 0 aromatic heterocycles. The molecule has 2 atom stereocenters. The number of likely N-dealkylation sites (N-methyl/N-ethyl adjacent to an activating group) is 1. The Balaban J connectivity index is 1.37. The van der Waals surface area contributed by atoms with Crippen molar-refractivity contribution in [3.8, 4) is 5.75 Å². The summed E-state index contributed by atoms with van der Waals surface area (Å²) in [7, 11) is 3.86. The normalized spacial score (nSPS) is 22.7. The molecule has 6 nitrogen and oxygen atoms in total. The number of amides is 1. The Bertz CT molecular complexity index is 865. The predicted molar refractivity (Wildman–Crippen MR) is 132 cm³/mol. The number of hydrogen-bond donors (Lipinski definition) is 1. The highest BCUT2D eigenvalue weighted by Gasteiger charge is 2.32. The molecule has 1 N–H and O–H groups in total. The minimum Gasteiger partial charge on any atom is -0.497 e. The minimum absolute atomic E-state index is 0.0261. The van der Waals surface area contributed by atoms with E-state index in [4.69, 9.17) is 4.74 Å². The summed E-state index contributed by atoms with van der Waals surface area (Å²) in [5, 5.41) is 3.19. The van der Waals surface area contributed by atoms with Crippen molar-refractivity contribution >= 4 is 5.91 Å². The number of benzene rings is 2. The Morgan fingerprint density at radius 1 is 0.939 bits per heavy atom. The Hall–Kier alpha value is -2.41. The number of carbonyl (C=O) groups is 1. The summed E-state index contributed by atoms with van der Waals surface area (Å²) < 4.78 is 5.23. The van der Waals surface area contributed by atoms with Gasteiger partial charge in [0, 0.05) is 58.9 Å². The summed E-state index contributed by atoms with van der Waals surface area (Å²) in [6.07, 6.45) is 0.964. The number of ether oxygens (including phenoxy) is 1. The summed E-state index contributed by atoms with van der Waals surface area (Å²) in [6.45, 7) is 8.94. The molecule has 0 bridgehead atoms. The molecule has 2 aromatic carbocycles. The standard InChI is InChI=1S/C27H38N4O2/c1-29-12-14-30(15-13-29)19-24-16-25(21-31(20-24)18-23-6-4-3-5-7-23)27(32)28-17-22-8-10-26(33-2)11-9-22/h3-11,24-25H,12-21H2,1-2H3,(H,28,32)/t24-,25-/m1/s1. The second kappa shape index (κ2) is 11.6. The van der Waals surface area contributed by atoms with Crippen LogP contribution in [0.4, 0.5) is 0 Å². The Kier molecular flexibility index (Phi) is 8.37. The molecule has 33 heavy (non-hydrogen) atoms. The molecule has 0 spiro atoms. The number of piperidine rings is 1. The van der Waals surface area contributed by atoms with Gasteiger partial charge in [-0.2, -0.15) is 0 Å². The number of methoxy groups -OCH3 is 1. The van der Waals surface area contributed by atoms with Gasteiger partial charge in [0.25, 0.3) is 0 Å². The number of nitrogens with one attached hydrogen (secondary N) is 1. The number of rotatable bonds is 8. The van der Waals surface area contributed by atoms with Crippen LogP contribution in [0.5, 0.6) is 5.75 Å². The predicted octanol–water partition coefficient (Wildman–Crippen LogP) is 2.70. The zero-order chi connectivity index (χ0) is 23.0. The Morgan fingerprint density at radius 2 is 1.67 bits per heavy atom. The van der Waals surface area contributed by atoms with Crippen molar-refractivity contribution in [2.24, 2.45) is 11.8 Å². The topological polar surface area (TPSA) is 48.1 Å². The van der Waals surface area contributed by atoms with E-state index in [2.05, 4.69) is 57.4 Å². The number of hydrogen-bond acceptors (Lipinski definition) is 5. The van der Waals surface area contributed by atoms with Crippen molar-refractivity contribution in [2.75, 3.05) is 60.0 Å². The van der Waals surface area contributed by atoms with Gasteiger partial charge in [0.2, 0.25) is 5.91 Å². The number of nitrogens with zero attached hydrogens (tertiary/aromatic N) is 3. The first-order chi connectivity index (χ1) is 16.1. The van der Waals surface area contributed by atoms with Crippen LogP contribution in [0.1, 0.15) is 17.5 Å². The lowest BCUT2D eigenvalue weighted by molar-refractivity contribution is -0.128. The van der Waals surface area contributed by atoms with Crippen LogP contribution < -0.4 is 10.1 Å². The average molecular weight is 451 g/mol. The maximum atomic E-state index is 13.2. The fourth-order valence-corrected chi connectivity index (χ4v) is 5.07. The van der Waals surface area contributed by atoms with Gasteiger partial charge in [0.1, 0.15) is 5.75 Å². The third-order valence-electron chi connectivity index (χ3n) is 6.97. The lowest BCUT2D eigenvalue weighted by Gasteiger charge is -2.41. The van der Waals surface area contributed by atoms with Gasteiger partial charge in [0.15, 0.2) is 0 Å². The van der Waals surface area contributed by atoms with Crippen LogP contribution in [0, 0.1) is 11.8 Å². The van der Waals surface area contributed by atoms with E-state index in [0.717, 1.165) is 70.1 Å². The zero-order valence-corrected chi connectivity index (χ0v) is 20.1. The molecule has 2 heterocycles. The summed E-state index contributed by atoms with van der Waals surface area (Å²) in [5.74, 6) is 1.55. The van der Waals surface area contributed by atoms with Crippen LogP contribution in [0.2, 0.25) is 0 Å². The molecule has 2 fully saturated rings. The first-order valence-corrected chi connectivity index (χ1v) is 12.2.